The van der Waals surface area contributed by atoms with Crippen molar-refractivity contribution in [3.63, 3.8) is 0 Å². The fourth-order valence-corrected chi connectivity index (χ4v) is 2.84. The Labute approximate surface area is 127 Å². The van der Waals surface area contributed by atoms with E-state index in [0.29, 0.717) is 17.5 Å². The highest BCUT2D eigenvalue weighted by Crippen LogP contribution is 2.33. The summed E-state index contributed by atoms with van der Waals surface area (Å²) in [4.78, 5) is 10.3. The molecule has 0 heterocycles. The maximum absolute atomic E-state index is 10.3. The van der Waals surface area contributed by atoms with Gasteiger partial charge in [0.25, 0.3) is 0 Å². The van der Waals surface area contributed by atoms with Crippen molar-refractivity contribution >= 4 is 11.7 Å². The molecule has 1 aromatic carbocycles. The van der Waals surface area contributed by atoms with Crippen molar-refractivity contribution in [3.05, 3.63) is 29.8 Å². The van der Waals surface area contributed by atoms with E-state index >= 15 is 0 Å². The lowest BCUT2D eigenvalue weighted by Gasteiger charge is -2.33. The van der Waals surface area contributed by atoms with E-state index in [-0.39, 0.29) is 11.7 Å². The Bertz CT molecular complexity index is 459. The van der Waals surface area contributed by atoms with Gasteiger partial charge in [-0.05, 0) is 42.7 Å². The molecule has 1 aliphatic rings. The fraction of sp³-hybridized carbons (Fsp3) is 0.588. The maximum Gasteiger partial charge on any atom is 0.337 e. The Morgan fingerprint density at radius 1 is 1.29 bits per heavy atom. The molecule has 21 heavy (non-hydrogen) atoms. The van der Waals surface area contributed by atoms with E-state index in [2.05, 4.69) is 20.8 Å². The molecule has 4 heteroatoms. The molecule has 1 saturated carbocycles. The minimum Gasteiger partial charge on any atom is -0.478 e. The first kappa shape index (κ1) is 17.5. The average molecular weight is 293 g/mol. The molecule has 4 nitrogen and oxygen atoms in total. The highest BCUT2D eigenvalue weighted by atomic mass is 16.4. The van der Waals surface area contributed by atoms with Gasteiger partial charge in [0.05, 0.1) is 11.7 Å². The van der Waals surface area contributed by atoms with Crippen LogP contribution in [-0.4, -0.2) is 22.3 Å². The summed E-state index contributed by atoms with van der Waals surface area (Å²) in [5.74, 6) is 0.960. The van der Waals surface area contributed by atoms with Crippen LogP contribution in [0.4, 0.5) is 5.69 Å². The predicted octanol–water partition coefficient (Wildman–Crippen LogP) is 3.41. The molecule has 0 bridgehead atoms. The molecule has 1 aromatic rings. The first-order valence-electron chi connectivity index (χ1n) is 7.58. The number of rotatable bonds is 2. The van der Waals surface area contributed by atoms with Gasteiger partial charge >= 0.3 is 5.97 Å². The Hall–Kier alpha value is -1.55. The van der Waals surface area contributed by atoms with Crippen molar-refractivity contribution in [1.29, 1.82) is 0 Å². The summed E-state index contributed by atoms with van der Waals surface area (Å²) in [5, 5.41) is 18.2. The van der Waals surface area contributed by atoms with Crippen molar-refractivity contribution in [2.45, 2.75) is 46.1 Å². The first-order chi connectivity index (χ1) is 9.82. The number of hydrogen-bond donors (Lipinski definition) is 3. The number of aliphatic hydroxyl groups excluding tert-OH is 1. The van der Waals surface area contributed by atoms with Gasteiger partial charge in [0.15, 0.2) is 0 Å². The SMILES string of the molecule is CC1CCC(C(C)C)C(O)C1.Nc1ccccc1C(=O)O. The largest absolute Gasteiger partial charge is 0.478 e. The van der Waals surface area contributed by atoms with Crippen LogP contribution in [-0.2, 0) is 0 Å². The third kappa shape index (κ3) is 5.38. The molecule has 118 valence electrons. The van der Waals surface area contributed by atoms with Gasteiger partial charge in [0.1, 0.15) is 0 Å². The standard InChI is InChI=1S/C10H20O.C7H7NO2/c1-7(2)9-5-4-8(3)6-10(9)11;8-6-4-2-1-3-5(6)7(9)10/h7-11H,4-6H2,1-3H3;1-4H,8H2,(H,9,10). The van der Waals surface area contributed by atoms with Gasteiger partial charge in [-0.25, -0.2) is 4.79 Å². The highest BCUT2D eigenvalue weighted by molar-refractivity contribution is 5.93. The molecule has 0 radical (unpaired) electrons. The number of aromatic carboxylic acids is 1. The van der Waals surface area contributed by atoms with Crippen LogP contribution in [0.25, 0.3) is 0 Å². The van der Waals surface area contributed by atoms with Gasteiger partial charge in [0.2, 0.25) is 0 Å². The fourth-order valence-electron chi connectivity index (χ4n) is 2.84. The molecule has 3 unspecified atom stereocenters. The van der Waals surface area contributed by atoms with Gasteiger partial charge in [-0.15, -0.1) is 0 Å². The van der Waals surface area contributed by atoms with E-state index in [1.807, 2.05) is 0 Å². The van der Waals surface area contributed by atoms with Crippen LogP contribution in [0.5, 0.6) is 0 Å². The number of carbonyl (C=O) groups is 1. The lowest BCUT2D eigenvalue weighted by Crippen LogP contribution is -2.31. The van der Waals surface area contributed by atoms with Gasteiger partial charge in [0, 0.05) is 5.69 Å². The number of anilines is 1. The maximum atomic E-state index is 10.3. The van der Waals surface area contributed by atoms with E-state index in [9.17, 15) is 9.90 Å². The number of carboxylic acid groups (broad SMARTS) is 1. The molecule has 0 aromatic heterocycles. The van der Waals surface area contributed by atoms with E-state index in [1.54, 1.807) is 18.2 Å². The van der Waals surface area contributed by atoms with E-state index < -0.39 is 5.97 Å². The van der Waals surface area contributed by atoms with Crippen LogP contribution in [0.1, 0.15) is 50.4 Å². The molecule has 3 atom stereocenters. The van der Waals surface area contributed by atoms with E-state index in [4.69, 9.17) is 10.8 Å². The third-order valence-electron chi connectivity index (χ3n) is 4.18. The molecular weight excluding hydrogens is 266 g/mol. The summed E-state index contributed by atoms with van der Waals surface area (Å²) in [6.07, 6.45) is 3.52. The Balaban J connectivity index is 0.000000211. The van der Waals surface area contributed by atoms with Crippen molar-refractivity contribution in [2.24, 2.45) is 17.8 Å². The van der Waals surface area contributed by atoms with Gasteiger partial charge < -0.3 is 15.9 Å². The van der Waals surface area contributed by atoms with Crippen LogP contribution in [0, 0.1) is 17.8 Å². The Morgan fingerprint density at radius 2 is 1.90 bits per heavy atom. The summed E-state index contributed by atoms with van der Waals surface area (Å²) >= 11 is 0. The van der Waals surface area contributed by atoms with Gasteiger partial charge in [-0.1, -0.05) is 39.3 Å². The number of benzene rings is 1. The van der Waals surface area contributed by atoms with Crippen LogP contribution in [0.2, 0.25) is 0 Å². The van der Waals surface area contributed by atoms with Crippen molar-refractivity contribution in [3.8, 4) is 0 Å². The molecule has 0 amide bonds. The van der Waals surface area contributed by atoms with Gasteiger partial charge in [-0.2, -0.15) is 0 Å². The van der Waals surface area contributed by atoms with Crippen LogP contribution < -0.4 is 5.73 Å². The Kier molecular flexibility index (Phi) is 6.69. The van der Waals surface area contributed by atoms with Crippen molar-refractivity contribution < 1.29 is 15.0 Å². The van der Waals surface area contributed by atoms with E-state index in [1.165, 1.54) is 18.9 Å². The van der Waals surface area contributed by atoms with Crippen LogP contribution >= 0.6 is 0 Å². The second-order valence-corrected chi connectivity index (χ2v) is 6.29. The second kappa shape index (κ2) is 8.03. The monoisotopic (exact) mass is 293 g/mol. The zero-order valence-corrected chi connectivity index (χ0v) is 13.1. The van der Waals surface area contributed by atoms with Crippen molar-refractivity contribution in [1.82, 2.24) is 0 Å². The molecule has 0 aliphatic heterocycles. The van der Waals surface area contributed by atoms with Crippen LogP contribution in [0.15, 0.2) is 24.3 Å². The zero-order chi connectivity index (χ0) is 16.0. The molecule has 1 aliphatic carbocycles. The highest BCUT2D eigenvalue weighted by Gasteiger charge is 2.28. The average Bonchev–Trinajstić information content (AvgIpc) is 2.39. The van der Waals surface area contributed by atoms with E-state index in [0.717, 1.165) is 12.3 Å². The number of nitrogens with two attached hydrogens (primary N) is 1. The summed E-state index contributed by atoms with van der Waals surface area (Å²) in [6, 6.07) is 6.36. The number of aliphatic hydroxyl groups is 1. The lowest BCUT2D eigenvalue weighted by atomic mass is 9.75. The number of hydrogen-bond acceptors (Lipinski definition) is 3. The van der Waals surface area contributed by atoms with Gasteiger partial charge in [-0.3, -0.25) is 0 Å². The molecule has 0 saturated heterocycles. The number of carboxylic acids is 1. The quantitative estimate of drug-likeness (QED) is 0.730. The number of nitrogen functional groups attached to an aromatic ring is 1. The summed E-state index contributed by atoms with van der Waals surface area (Å²) < 4.78 is 0. The first-order valence-corrected chi connectivity index (χ1v) is 7.58. The summed E-state index contributed by atoms with van der Waals surface area (Å²) in [6.45, 7) is 6.66. The topological polar surface area (TPSA) is 83.5 Å². The predicted molar refractivity (Wildman–Crippen MR) is 85.2 cm³/mol. The number of para-hydroxylation sites is 1. The second-order valence-electron chi connectivity index (χ2n) is 6.29. The van der Waals surface area contributed by atoms with Crippen LogP contribution in [0.3, 0.4) is 0 Å². The third-order valence-corrected chi connectivity index (χ3v) is 4.18. The molecule has 4 N–H and O–H groups in total. The summed E-state index contributed by atoms with van der Waals surface area (Å²) in [5.41, 5.74) is 5.80. The lowest BCUT2D eigenvalue weighted by molar-refractivity contribution is 0.0266. The molecular formula is C17H27NO3. The zero-order valence-electron chi connectivity index (χ0n) is 13.1. The molecule has 0 spiro atoms. The molecule has 1 fully saturated rings. The molecule has 2 rings (SSSR count). The smallest absolute Gasteiger partial charge is 0.337 e. The Morgan fingerprint density at radius 3 is 2.33 bits per heavy atom. The normalized spacial score (nSPS) is 25.1. The minimum atomic E-state index is -0.988. The van der Waals surface area contributed by atoms with Crippen molar-refractivity contribution in [2.75, 3.05) is 5.73 Å². The minimum absolute atomic E-state index is 0.0289. The summed E-state index contributed by atoms with van der Waals surface area (Å²) in [7, 11) is 0.